The number of imidazole rings is 1. The molecule has 0 N–H and O–H groups in total. The number of hydrogen-bond acceptors (Lipinski definition) is 5. The van der Waals surface area contributed by atoms with Gasteiger partial charge in [0.1, 0.15) is 11.5 Å². The fourth-order valence-electron chi connectivity index (χ4n) is 3.78. The SMILES string of the molecule is CCCCn1ccnc1[C@H]1CCCN(Cc2nccc(OC)c2OC)C1. The monoisotopic (exact) mass is 358 g/mol. The minimum absolute atomic E-state index is 0.479. The number of rotatable bonds is 8. The molecular formula is C20H30N4O2. The van der Waals surface area contributed by atoms with Gasteiger partial charge in [-0.2, -0.15) is 0 Å². The fraction of sp³-hybridized carbons (Fsp3) is 0.600. The first-order valence-electron chi connectivity index (χ1n) is 9.56. The molecule has 1 aliphatic rings. The Kier molecular flexibility index (Phi) is 6.50. The largest absolute Gasteiger partial charge is 0.493 e. The Hall–Kier alpha value is -2.08. The zero-order chi connectivity index (χ0) is 18.4. The third-order valence-corrected chi connectivity index (χ3v) is 5.11. The average molecular weight is 358 g/mol. The molecule has 3 rings (SSSR count). The van der Waals surface area contributed by atoms with Gasteiger partial charge in [0.2, 0.25) is 0 Å². The number of pyridine rings is 1. The number of nitrogens with zero attached hydrogens (tertiary/aromatic N) is 4. The Morgan fingerprint density at radius 1 is 1.19 bits per heavy atom. The van der Waals surface area contributed by atoms with Crippen LogP contribution in [0.25, 0.3) is 0 Å². The van der Waals surface area contributed by atoms with E-state index in [0.717, 1.165) is 43.4 Å². The first kappa shape index (κ1) is 18.7. The van der Waals surface area contributed by atoms with Crippen LogP contribution in [0.3, 0.4) is 0 Å². The van der Waals surface area contributed by atoms with Crippen LogP contribution in [-0.2, 0) is 13.1 Å². The number of unbranched alkanes of at least 4 members (excludes halogenated alkanes) is 1. The van der Waals surface area contributed by atoms with E-state index in [-0.39, 0.29) is 0 Å². The number of likely N-dealkylation sites (tertiary alicyclic amines) is 1. The van der Waals surface area contributed by atoms with Crippen molar-refractivity contribution in [1.29, 1.82) is 0 Å². The average Bonchev–Trinajstić information content (AvgIpc) is 3.15. The first-order chi connectivity index (χ1) is 12.8. The van der Waals surface area contributed by atoms with Crippen LogP contribution in [0.1, 0.15) is 50.0 Å². The molecule has 3 heterocycles. The molecule has 0 amide bonds. The predicted molar refractivity (Wildman–Crippen MR) is 102 cm³/mol. The van der Waals surface area contributed by atoms with Crippen molar-refractivity contribution in [2.24, 2.45) is 0 Å². The minimum atomic E-state index is 0.479. The van der Waals surface area contributed by atoms with Gasteiger partial charge in [0, 0.05) is 50.2 Å². The van der Waals surface area contributed by atoms with Crippen molar-refractivity contribution in [1.82, 2.24) is 19.4 Å². The molecule has 0 saturated carbocycles. The summed E-state index contributed by atoms with van der Waals surface area (Å²) in [5.41, 5.74) is 0.932. The van der Waals surface area contributed by atoms with E-state index in [1.807, 2.05) is 12.3 Å². The number of piperidine rings is 1. The number of aromatic nitrogens is 3. The summed E-state index contributed by atoms with van der Waals surface area (Å²) in [4.78, 5) is 11.7. The molecule has 1 saturated heterocycles. The third kappa shape index (κ3) is 4.18. The van der Waals surface area contributed by atoms with E-state index < -0.39 is 0 Å². The van der Waals surface area contributed by atoms with Crippen LogP contribution in [0, 0.1) is 0 Å². The quantitative estimate of drug-likeness (QED) is 0.723. The van der Waals surface area contributed by atoms with Gasteiger partial charge in [0.05, 0.1) is 14.2 Å². The summed E-state index contributed by atoms with van der Waals surface area (Å²) in [6.07, 6.45) is 10.6. The summed E-state index contributed by atoms with van der Waals surface area (Å²) >= 11 is 0. The minimum Gasteiger partial charge on any atom is -0.493 e. The lowest BCUT2D eigenvalue weighted by Crippen LogP contribution is -2.35. The maximum Gasteiger partial charge on any atom is 0.183 e. The van der Waals surface area contributed by atoms with Crippen molar-refractivity contribution < 1.29 is 9.47 Å². The second-order valence-corrected chi connectivity index (χ2v) is 6.90. The van der Waals surface area contributed by atoms with Gasteiger partial charge in [-0.05, 0) is 25.8 Å². The number of aryl methyl sites for hydroxylation is 1. The molecular weight excluding hydrogens is 328 g/mol. The van der Waals surface area contributed by atoms with Gasteiger partial charge in [-0.25, -0.2) is 4.98 Å². The molecule has 26 heavy (non-hydrogen) atoms. The van der Waals surface area contributed by atoms with Crippen LogP contribution in [0.5, 0.6) is 11.5 Å². The van der Waals surface area contributed by atoms with E-state index in [9.17, 15) is 0 Å². The first-order valence-corrected chi connectivity index (χ1v) is 9.56. The van der Waals surface area contributed by atoms with Crippen LogP contribution >= 0.6 is 0 Å². The molecule has 2 aromatic heterocycles. The molecule has 6 heteroatoms. The molecule has 0 radical (unpaired) electrons. The Balaban J connectivity index is 1.71. The molecule has 0 unspecified atom stereocenters. The fourth-order valence-corrected chi connectivity index (χ4v) is 3.78. The maximum absolute atomic E-state index is 5.54. The van der Waals surface area contributed by atoms with Crippen LogP contribution in [-0.4, -0.2) is 46.7 Å². The molecule has 1 fully saturated rings. The summed E-state index contributed by atoms with van der Waals surface area (Å²) in [5.74, 6) is 3.18. The van der Waals surface area contributed by atoms with Crippen molar-refractivity contribution in [3.8, 4) is 11.5 Å². The van der Waals surface area contributed by atoms with Gasteiger partial charge in [-0.3, -0.25) is 9.88 Å². The number of methoxy groups -OCH3 is 2. The van der Waals surface area contributed by atoms with E-state index in [2.05, 4.69) is 32.6 Å². The molecule has 142 valence electrons. The molecule has 2 aromatic rings. The lowest BCUT2D eigenvalue weighted by Gasteiger charge is -2.32. The van der Waals surface area contributed by atoms with Crippen molar-refractivity contribution >= 4 is 0 Å². The predicted octanol–water partition coefficient (Wildman–Crippen LogP) is 3.48. The van der Waals surface area contributed by atoms with Gasteiger partial charge >= 0.3 is 0 Å². The lowest BCUT2D eigenvalue weighted by molar-refractivity contribution is 0.189. The molecule has 6 nitrogen and oxygen atoms in total. The highest BCUT2D eigenvalue weighted by Crippen LogP contribution is 2.32. The molecule has 0 bridgehead atoms. The van der Waals surface area contributed by atoms with E-state index in [1.165, 1.54) is 31.5 Å². The molecule has 1 aliphatic heterocycles. The highest BCUT2D eigenvalue weighted by molar-refractivity contribution is 5.42. The van der Waals surface area contributed by atoms with Crippen molar-refractivity contribution in [3.05, 3.63) is 36.2 Å². The van der Waals surface area contributed by atoms with Crippen molar-refractivity contribution in [2.45, 2.75) is 51.6 Å². The van der Waals surface area contributed by atoms with E-state index in [1.54, 1.807) is 20.4 Å². The maximum atomic E-state index is 5.54. The summed E-state index contributed by atoms with van der Waals surface area (Å²) < 4.78 is 13.3. The Morgan fingerprint density at radius 2 is 2.08 bits per heavy atom. The second kappa shape index (κ2) is 9.03. The van der Waals surface area contributed by atoms with Crippen LogP contribution < -0.4 is 9.47 Å². The van der Waals surface area contributed by atoms with Gasteiger partial charge in [0.15, 0.2) is 11.5 Å². The lowest BCUT2D eigenvalue weighted by atomic mass is 9.97. The summed E-state index contributed by atoms with van der Waals surface area (Å²) in [6, 6.07) is 1.84. The zero-order valence-electron chi connectivity index (χ0n) is 16.1. The van der Waals surface area contributed by atoms with Gasteiger partial charge in [-0.15, -0.1) is 0 Å². The second-order valence-electron chi connectivity index (χ2n) is 6.90. The third-order valence-electron chi connectivity index (χ3n) is 5.11. The number of ether oxygens (including phenoxy) is 2. The van der Waals surface area contributed by atoms with Crippen LogP contribution in [0.15, 0.2) is 24.7 Å². The molecule has 1 atom stereocenters. The Morgan fingerprint density at radius 3 is 2.85 bits per heavy atom. The summed E-state index contributed by atoms with van der Waals surface area (Å²) in [6.45, 7) is 6.15. The smallest absolute Gasteiger partial charge is 0.183 e. The van der Waals surface area contributed by atoms with Crippen LogP contribution in [0.2, 0.25) is 0 Å². The van der Waals surface area contributed by atoms with Gasteiger partial charge in [0.25, 0.3) is 0 Å². The van der Waals surface area contributed by atoms with E-state index >= 15 is 0 Å². The standard InChI is InChI=1S/C20H30N4O2/c1-4-5-12-24-13-10-22-20(24)16-7-6-11-23(14-16)15-17-19(26-3)18(25-2)8-9-21-17/h8-10,13,16H,4-7,11-12,14-15H2,1-3H3/t16-/m0/s1. The highest BCUT2D eigenvalue weighted by Gasteiger charge is 2.26. The van der Waals surface area contributed by atoms with Crippen molar-refractivity contribution in [2.75, 3.05) is 27.3 Å². The van der Waals surface area contributed by atoms with E-state index in [4.69, 9.17) is 9.47 Å². The van der Waals surface area contributed by atoms with E-state index in [0.29, 0.717) is 5.92 Å². The molecule has 0 aliphatic carbocycles. The van der Waals surface area contributed by atoms with Gasteiger partial charge < -0.3 is 14.0 Å². The summed E-state index contributed by atoms with van der Waals surface area (Å²) in [7, 11) is 3.33. The van der Waals surface area contributed by atoms with Crippen LogP contribution in [0.4, 0.5) is 0 Å². The van der Waals surface area contributed by atoms with Crippen molar-refractivity contribution in [3.63, 3.8) is 0 Å². The summed E-state index contributed by atoms with van der Waals surface area (Å²) in [5, 5.41) is 0. The zero-order valence-corrected chi connectivity index (χ0v) is 16.1. The Labute approximate surface area is 156 Å². The Bertz CT molecular complexity index is 701. The molecule has 0 spiro atoms. The van der Waals surface area contributed by atoms with Gasteiger partial charge in [-0.1, -0.05) is 13.3 Å². The topological polar surface area (TPSA) is 52.4 Å². The molecule has 0 aromatic carbocycles. The highest BCUT2D eigenvalue weighted by atomic mass is 16.5. The normalized spacial score (nSPS) is 18.0. The number of hydrogen-bond donors (Lipinski definition) is 0.